The largest absolute Gasteiger partial charge is 0.480 e. The number of carbonyl (C=O) groups excluding carboxylic acids is 1. The zero-order chi connectivity index (χ0) is 12.4. The molecular weight excluding hydrogens is 246 g/mol. The van der Waals surface area contributed by atoms with E-state index in [0.29, 0.717) is 19.4 Å². The summed E-state index contributed by atoms with van der Waals surface area (Å²) in [7, 11) is 0. The fourth-order valence-electron chi connectivity index (χ4n) is 1.84. The van der Waals surface area contributed by atoms with Gasteiger partial charge in [-0.05, 0) is 25.0 Å². The van der Waals surface area contributed by atoms with Gasteiger partial charge in [0.25, 0.3) is 5.91 Å². The van der Waals surface area contributed by atoms with E-state index in [1.165, 1.54) is 17.0 Å². The van der Waals surface area contributed by atoms with Crippen LogP contribution in [0.15, 0.2) is 12.1 Å². The van der Waals surface area contributed by atoms with Gasteiger partial charge < -0.3 is 10.0 Å². The maximum Gasteiger partial charge on any atom is 0.326 e. The topological polar surface area (TPSA) is 83.4 Å². The number of rotatable bonds is 2. The fourth-order valence-corrected chi connectivity index (χ4v) is 1.94. The Morgan fingerprint density at radius 3 is 2.76 bits per heavy atom. The third kappa shape index (κ3) is 2.36. The highest BCUT2D eigenvalue weighted by Gasteiger charge is 2.34. The zero-order valence-corrected chi connectivity index (χ0v) is 9.59. The molecule has 1 aliphatic rings. The molecule has 1 saturated heterocycles. The number of likely N-dealkylation sites (tertiary alicyclic amines) is 1. The predicted molar refractivity (Wildman–Crippen MR) is 58.7 cm³/mol. The number of carbonyl (C=O) groups is 2. The van der Waals surface area contributed by atoms with Gasteiger partial charge >= 0.3 is 5.97 Å². The molecule has 1 fully saturated rings. The van der Waals surface area contributed by atoms with Crippen molar-refractivity contribution < 1.29 is 14.7 Å². The maximum atomic E-state index is 12.0. The van der Waals surface area contributed by atoms with Crippen LogP contribution >= 0.6 is 11.6 Å². The van der Waals surface area contributed by atoms with Gasteiger partial charge in [-0.25, -0.2) is 4.79 Å². The Morgan fingerprint density at radius 1 is 1.41 bits per heavy atom. The molecule has 7 heteroatoms. The van der Waals surface area contributed by atoms with E-state index in [1.54, 1.807) is 0 Å². The molecule has 1 aromatic heterocycles. The number of nitrogens with zero attached hydrogens (tertiary/aromatic N) is 3. The Balaban J connectivity index is 2.19. The van der Waals surface area contributed by atoms with Crippen LogP contribution in [0, 0.1) is 0 Å². The van der Waals surface area contributed by atoms with Crippen molar-refractivity contribution in [1.82, 2.24) is 15.1 Å². The van der Waals surface area contributed by atoms with Gasteiger partial charge in [-0.15, -0.1) is 10.2 Å². The Morgan fingerprint density at radius 2 is 2.18 bits per heavy atom. The molecule has 90 valence electrons. The van der Waals surface area contributed by atoms with E-state index in [2.05, 4.69) is 10.2 Å². The molecule has 1 aromatic rings. The average molecular weight is 256 g/mol. The summed E-state index contributed by atoms with van der Waals surface area (Å²) in [4.78, 5) is 24.2. The zero-order valence-electron chi connectivity index (χ0n) is 8.84. The number of hydrogen-bond acceptors (Lipinski definition) is 4. The number of halogens is 1. The molecule has 0 aliphatic carbocycles. The molecule has 2 heterocycles. The lowest BCUT2D eigenvalue weighted by atomic mass is 10.2. The van der Waals surface area contributed by atoms with E-state index in [4.69, 9.17) is 16.7 Å². The van der Waals surface area contributed by atoms with Crippen LogP contribution in [0.1, 0.15) is 23.3 Å². The van der Waals surface area contributed by atoms with Crippen LogP contribution < -0.4 is 0 Å². The van der Waals surface area contributed by atoms with Crippen LogP contribution in [0.4, 0.5) is 0 Å². The Hall–Kier alpha value is -1.69. The average Bonchev–Trinajstić information content (AvgIpc) is 2.78. The van der Waals surface area contributed by atoms with Crippen molar-refractivity contribution >= 4 is 23.5 Å². The summed E-state index contributed by atoms with van der Waals surface area (Å²) in [6.45, 7) is 0.431. The van der Waals surface area contributed by atoms with Crippen LogP contribution in [-0.2, 0) is 4.79 Å². The molecule has 6 nitrogen and oxygen atoms in total. The summed E-state index contributed by atoms with van der Waals surface area (Å²) < 4.78 is 0. The van der Waals surface area contributed by atoms with E-state index < -0.39 is 17.9 Å². The van der Waals surface area contributed by atoms with Crippen LogP contribution in [0.2, 0.25) is 5.15 Å². The molecule has 1 unspecified atom stereocenters. The van der Waals surface area contributed by atoms with Crippen LogP contribution in [-0.4, -0.2) is 44.7 Å². The summed E-state index contributed by atoms with van der Waals surface area (Å²) in [5.41, 5.74) is 0.113. The first-order valence-electron chi connectivity index (χ1n) is 5.12. The van der Waals surface area contributed by atoms with Crippen LogP contribution in [0.25, 0.3) is 0 Å². The summed E-state index contributed by atoms with van der Waals surface area (Å²) >= 11 is 5.56. The van der Waals surface area contributed by atoms with Crippen molar-refractivity contribution in [2.24, 2.45) is 0 Å². The van der Waals surface area contributed by atoms with Gasteiger partial charge in [0.2, 0.25) is 0 Å². The molecule has 1 atom stereocenters. The normalized spacial score (nSPS) is 19.4. The highest BCUT2D eigenvalue weighted by atomic mass is 35.5. The summed E-state index contributed by atoms with van der Waals surface area (Å²) in [5.74, 6) is -1.41. The van der Waals surface area contributed by atoms with Crippen molar-refractivity contribution in [3.63, 3.8) is 0 Å². The smallest absolute Gasteiger partial charge is 0.326 e. The number of aromatic nitrogens is 2. The number of aliphatic carboxylic acids is 1. The fraction of sp³-hybridized carbons (Fsp3) is 0.400. The lowest BCUT2D eigenvalue weighted by Crippen LogP contribution is -2.40. The van der Waals surface area contributed by atoms with E-state index in [0.717, 1.165) is 0 Å². The van der Waals surface area contributed by atoms with E-state index in [-0.39, 0.29) is 10.8 Å². The highest BCUT2D eigenvalue weighted by molar-refractivity contribution is 6.29. The Labute approximate surface area is 102 Å². The second kappa shape index (κ2) is 4.67. The third-order valence-corrected chi connectivity index (χ3v) is 2.85. The summed E-state index contributed by atoms with van der Waals surface area (Å²) in [6, 6.07) is 2.13. The van der Waals surface area contributed by atoms with Gasteiger partial charge in [-0.1, -0.05) is 11.6 Å². The number of amides is 1. The third-order valence-electron chi connectivity index (χ3n) is 2.65. The first kappa shape index (κ1) is 11.8. The first-order chi connectivity index (χ1) is 8.09. The van der Waals surface area contributed by atoms with Gasteiger partial charge in [0, 0.05) is 6.54 Å². The highest BCUT2D eigenvalue weighted by Crippen LogP contribution is 2.19. The Kier molecular flexibility index (Phi) is 3.23. The molecule has 1 amide bonds. The molecule has 0 spiro atoms. The van der Waals surface area contributed by atoms with Crippen molar-refractivity contribution in [2.75, 3.05) is 6.54 Å². The molecule has 1 N–H and O–H groups in total. The molecule has 0 radical (unpaired) electrons. The number of carboxylic acids is 1. The predicted octanol–water partition coefficient (Wildman–Crippen LogP) is 0.819. The summed E-state index contributed by atoms with van der Waals surface area (Å²) in [5, 5.41) is 16.4. The minimum absolute atomic E-state index is 0.113. The van der Waals surface area contributed by atoms with E-state index >= 15 is 0 Å². The lowest BCUT2D eigenvalue weighted by Gasteiger charge is -2.20. The lowest BCUT2D eigenvalue weighted by molar-refractivity contribution is -0.141. The number of hydrogen-bond donors (Lipinski definition) is 1. The minimum atomic E-state index is -0.988. The van der Waals surface area contributed by atoms with Crippen molar-refractivity contribution in [2.45, 2.75) is 18.9 Å². The molecule has 17 heavy (non-hydrogen) atoms. The molecule has 0 aromatic carbocycles. The molecule has 0 saturated carbocycles. The van der Waals surface area contributed by atoms with Gasteiger partial charge in [0.15, 0.2) is 10.8 Å². The van der Waals surface area contributed by atoms with Crippen LogP contribution in [0.5, 0.6) is 0 Å². The van der Waals surface area contributed by atoms with Gasteiger partial charge in [-0.2, -0.15) is 0 Å². The van der Waals surface area contributed by atoms with E-state index in [1.807, 2.05) is 0 Å². The van der Waals surface area contributed by atoms with Gasteiger partial charge in [-0.3, -0.25) is 4.79 Å². The Bertz CT molecular complexity index is 449. The standard InChI is InChI=1S/C10H10ClN3O3/c11-8-4-3-6(12-13-8)9(15)14-5-1-2-7(14)10(16)17/h3-4,7H,1-2,5H2,(H,16,17). The van der Waals surface area contributed by atoms with Crippen LogP contribution in [0.3, 0.4) is 0 Å². The monoisotopic (exact) mass is 255 g/mol. The van der Waals surface area contributed by atoms with Gasteiger partial charge in [0.1, 0.15) is 6.04 Å². The molecule has 2 rings (SSSR count). The summed E-state index contributed by atoms with van der Waals surface area (Å²) in [6.07, 6.45) is 1.16. The van der Waals surface area contributed by atoms with Crippen molar-refractivity contribution in [3.05, 3.63) is 23.0 Å². The second-order valence-corrected chi connectivity index (χ2v) is 4.12. The quantitative estimate of drug-likeness (QED) is 0.846. The van der Waals surface area contributed by atoms with Crippen molar-refractivity contribution in [1.29, 1.82) is 0 Å². The van der Waals surface area contributed by atoms with Gasteiger partial charge in [0.05, 0.1) is 0 Å². The molecular formula is C10H10ClN3O3. The first-order valence-corrected chi connectivity index (χ1v) is 5.50. The SMILES string of the molecule is O=C(O)C1CCCN1C(=O)c1ccc(Cl)nn1. The second-order valence-electron chi connectivity index (χ2n) is 3.74. The molecule has 0 bridgehead atoms. The molecule has 1 aliphatic heterocycles. The maximum absolute atomic E-state index is 12.0. The van der Waals surface area contributed by atoms with Crippen molar-refractivity contribution in [3.8, 4) is 0 Å². The minimum Gasteiger partial charge on any atom is -0.480 e. The number of carboxylic acid groups (broad SMARTS) is 1. The van der Waals surface area contributed by atoms with E-state index in [9.17, 15) is 9.59 Å².